The third-order valence-corrected chi connectivity index (χ3v) is 2.34. The molecule has 0 atom stereocenters. The number of thioether (sulfide) groups is 1. The summed E-state index contributed by atoms with van der Waals surface area (Å²) in [5, 5.41) is 0.105. The first-order valence-electron chi connectivity index (χ1n) is 6.33. The van der Waals surface area contributed by atoms with Gasteiger partial charge in [0.1, 0.15) is 0 Å². The zero-order valence-electron chi connectivity index (χ0n) is 13.2. The Morgan fingerprint density at radius 2 is 1.79 bits per heavy atom. The molecule has 0 unspecified atom stereocenters. The summed E-state index contributed by atoms with van der Waals surface area (Å²) in [5.74, 6) is 0.732. The smallest absolute Gasteiger partial charge is 0.230 e. The summed E-state index contributed by atoms with van der Waals surface area (Å²) in [6.07, 6.45) is 1.23. The third kappa shape index (κ3) is 38.2. The van der Waals surface area contributed by atoms with Crippen LogP contribution in [0.5, 0.6) is 0 Å². The Hall–Kier alpha value is -0.590. The van der Waals surface area contributed by atoms with Gasteiger partial charge in [0, 0.05) is 19.8 Å². The van der Waals surface area contributed by atoms with Crippen molar-refractivity contribution in [1.29, 1.82) is 0 Å². The third-order valence-electron chi connectivity index (χ3n) is 1.44. The fourth-order valence-electron chi connectivity index (χ4n) is 0.440. The lowest BCUT2D eigenvalue weighted by atomic mass is 10.2. The standard InChI is InChI=1S/C6H11NO3S.C5H12O.C2H6/c1-6(9)11-4-2-3-10-7-5-8;1-5(2,3)6-4;1-2/h5H,2-4H2,1H3,(H,7,8);1-4H3;1-2H3. The van der Waals surface area contributed by atoms with Crippen molar-refractivity contribution in [3.05, 3.63) is 0 Å². The number of carbonyl (C=O) groups excluding carboxylic acids is 2. The predicted molar refractivity (Wildman–Crippen MR) is 81.0 cm³/mol. The van der Waals surface area contributed by atoms with Gasteiger partial charge in [0.15, 0.2) is 5.12 Å². The summed E-state index contributed by atoms with van der Waals surface area (Å²) >= 11 is 1.25. The van der Waals surface area contributed by atoms with Crippen molar-refractivity contribution in [1.82, 2.24) is 5.48 Å². The van der Waals surface area contributed by atoms with E-state index in [0.29, 0.717) is 13.0 Å². The SMILES string of the molecule is CC.CC(=O)SCCCONC=O.COC(C)(C)C. The van der Waals surface area contributed by atoms with E-state index in [0.717, 1.165) is 12.2 Å². The molecule has 0 aromatic heterocycles. The van der Waals surface area contributed by atoms with Crippen LogP contribution in [0.4, 0.5) is 0 Å². The highest BCUT2D eigenvalue weighted by molar-refractivity contribution is 8.13. The van der Waals surface area contributed by atoms with Gasteiger partial charge in [-0.25, -0.2) is 5.48 Å². The molecule has 19 heavy (non-hydrogen) atoms. The molecular formula is C13H29NO4S. The minimum Gasteiger partial charge on any atom is -0.379 e. The highest BCUT2D eigenvalue weighted by Gasteiger charge is 2.04. The van der Waals surface area contributed by atoms with Gasteiger partial charge in [-0.1, -0.05) is 25.6 Å². The van der Waals surface area contributed by atoms with Crippen molar-refractivity contribution >= 4 is 23.3 Å². The topological polar surface area (TPSA) is 64.6 Å². The average Bonchev–Trinajstić information content (AvgIpc) is 2.36. The van der Waals surface area contributed by atoms with Gasteiger partial charge in [-0.15, -0.1) is 0 Å². The lowest BCUT2D eigenvalue weighted by Gasteiger charge is -2.14. The summed E-state index contributed by atoms with van der Waals surface area (Å²) < 4.78 is 4.94. The number of nitrogens with one attached hydrogen (secondary N) is 1. The molecule has 1 amide bonds. The quantitative estimate of drug-likeness (QED) is 0.464. The molecule has 0 spiro atoms. The van der Waals surface area contributed by atoms with Crippen LogP contribution in [0, 0.1) is 0 Å². The first-order valence-corrected chi connectivity index (χ1v) is 7.31. The molecule has 0 saturated heterocycles. The van der Waals surface area contributed by atoms with Gasteiger partial charge in [0.25, 0.3) is 0 Å². The Bertz CT molecular complexity index is 205. The van der Waals surface area contributed by atoms with Gasteiger partial charge in [0.2, 0.25) is 6.41 Å². The van der Waals surface area contributed by atoms with E-state index in [1.807, 2.05) is 34.6 Å². The van der Waals surface area contributed by atoms with Crippen LogP contribution < -0.4 is 5.48 Å². The van der Waals surface area contributed by atoms with Crippen LogP contribution in [-0.2, 0) is 19.2 Å². The monoisotopic (exact) mass is 295 g/mol. The average molecular weight is 295 g/mol. The van der Waals surface area contributed by atoms with Crippen molar-refractivity contribution in [2.45, 2.75) is 53.6 Å². The summed E-state index contributed by atoms with van der Waals surface area (Å²) in [4.78, 5) is 24.7. The first-order chi connectivity index (χ1) is 8.83. The maximum atomic E-state index is 10.4. The molecule has 0 aliphatic rings. The van der Waals surface area contributed by atoms with Gasteiger partial charge in [-0.3, -0.25) is 14.4 Å². The van der Waals surface area contributed by atoms with E-state index in [1.165, 1.54) is 18.7 Å². The molecule has 0 saturated carbocycles. The number of ether oxygens (including phenoxy) is 1. The summed E-state index contributed by atoms with van der Waals surface area (Å²) in [7, 11) is 1.71. The van der Waals surface area contributed by atoms with Gasteiger partial charge in [-0.2, -0.15) is 0 Å². The minimum atomic E-state index is 0.0417. The van der Waals surface area contributed by atoms with Crippen molar-refractivity contribution in [3.8, 4) is 0 Å². The maximum Gasteiger partial charge on any atom is 0.230 e. The van der Waals surface area contributed by atoms with E-state index in [2.05, 4.69) is 10.3 Å². The Labute approximate surface area is 121 Å². The highest BCUT2D eigenvalue weighted by atomic mass is 32.2. The van der Waals surface area contributed by atoms with Crippen LogP contribution in [0.25, 0.3) is 0 Å². The van der Waals surface area contributed by atoms with Crippen LogP contribution in [0.2, 0.25) is 0 Å². The second kappa shape index (κ2) is 17.4. The van der Waals surface area contributed by atoms with E-state index < -0.39 is 0 Å². The number of methoxy groups -OCH3 is 1. The summed E-state index contributed by atoms with van der Waals surface area (Å²) in [5.41, 5.74) is 2.10. The number of rotatable bonds is 6. The Kier molecular flexibility index (Phi) is 21.5. The Morgan fingerprint density at radius 3 is 2.11 bits per heavy atom. The van der Waals surface area contributed by atoms with Crippen molar-refractivity contribution in [2.24, 2.45) is 0 Å². The molecule has 0 bridgehead atoms. The number of carbonyl (C=O) groups is 2. The van der Waals surface area contributed by atoms with Crippen LogP contribution >= 0.6 is 11.8 Å². The van der Waals surface area contributed by atoms with Gasteiger partial charge < -0.3 is 4.74 Å². The zero-order chi connectivity index (χ0) is 15.7. The fraction of sp³-hybridized carbons (Fsp3) is 0.846. The highest BCUT2D eigenvalue weighted by Crippen LogP contribution is 2.02. The molecule has 1 N–H and O–H groups in total. The number of hydrogen-bond acceptors (Lipinski definition) is 5. The van der Waals surface area contributed by atoms with E-state index >= 15 is 0 Å². The molecule has 6 heteroatoms. The molecule has 0 radical (unpaired) electrons. The predicted octanol–water partition coefficient (Wildman–Crippen LogP) is 2.79. The van der Waals surface area contributed by atoms with Crippen LogP contribution in [-0.4, -0.2) is 36.6 Å². The van der Waals surface area contributed by atoms with Crippen LogP contribution in [0.1, 0.15) is 48.0 Å². The molecule has 5 nitrogen and oxygen atoms in total. The van der Waals surface area contributed by atoms with E-state index in [1.54, 1.807) is 7.11 Å². The second-order valence-electron chi connectivity index (χ2n) is 4.09. The van der Waals surface area contributed by atoms with Crippen molar-refractivity contribution in [3.63, 3.8) is 0 Å². The molecule has 0 aliphatic carbocycles. The number of amides is 1. The fourth-order valence-corrected chi connectivity index (χ4v) is 0.990. The molecule has 0 aliphatic heterocycles. The molecule has 0 heterocycles. The Morgan fingerprint density at radius 1 is 1.32 bits per heavy atom. The molecule has 0 fully saturated rings. The van der Waals surface area contributed by atoms with Gasteiger partial charge in [0.05, 0.1) is 12.2 Å². The van der Waals surface area contributed by atoms with Crippen molar-refractivity contribution < 1.29 is 19.2 Å². The lowest BCUT2D eigenvalue weighted by Crippen LogP contribution is -2.15. The molecular weight excluding hydrogens is 266 g/mol. The van der Waals surface area contributed by atoms with Gasteiger partial charge in [-0.05, 0) is 27.2 Å². The maximum absolute atomic E-state index is 10.4. The van der Waals surface area contributed by atoms with Gasteiger partial charge >= 0.3 is 0 Å². The zero-order valence-corrected chi connectivity index (χ0v) is 14.1. The molecule has 0 aromatic rings. The summed E-state index contributed by atoms with van der Waals surface area (Å²) in [6.45, 7) is 12.0. The number of hydrogen-bond donors (Lipinski definition) is 1. The minimum absolute atomic E-state index is 0.0417. The molecule has 116 valence electrons. The van der Waals surface area contributed by atoms with E-state index in [9.17, 15) is 9.59 Å². The van der Waals surface area contributed by atoms with E-state index in [-0.39, 0.29) is 10.7 Å². The number of hydroxylamine groups is 1. The summed E-state index contributed by atoms with van der Waals surface area (Å²) in [6, 6.07) is 0. The first kappa shape index (κ1) is 23.5. The lowest BCUT2D eigenvalue weighted by molar-refractivity contribution is -0.120. The molecule has 0 rings (SSSR count). The Balaban J connectivity index is -0.000000271. The largest absolute Gasteiger partial charge is 0.379 e. The van der Waals surface area contributed by atoms with E-state index in [4.69, 9.17) is 4.74 Å². The molecule has 0 aromatic carbocycles. The normalized spacial score (nSPS) is 9.42. The second-order valence-corrected chi connectivity index (χ2v) is 5.37. The van der Waals surface area contributed by atoms with Crippen LogP contribution in [0.15, 0.2) is 0 Å². The van der Waals surface area contributed by atoms with Crippen molar-refractivity contribution in [2.75, 3.05) is 19.5 Å². The van der Waals surface area contributed by atoms with Crippen LogP contribution in [0.3, 0.4) is 0 Å².